The van der Waals surface area contributed by atoms with Gasteiger partial charge in [-0.05, 0) is 31.9 Å². The predicted molar refractivity (Wildman–Crippen MR) is 95.9 cm³/mol. The van der Waals surface area contributed by atoms with E-state index in [4.69, 9.17) is 4.55 Å². The second-order valence-corrected chi connectivity index (χ2v) is 6.87. The summed E-state index contributed by atoms with van der Waals surface area (Å²) in [6, 6.07) is 3.36. The Morgan fingerprint density at radius 3 is 2.45 bits per heavy atom. The number of hydrogen-bond donors (Lipinski definition) is 3. The standard InChI is InChI=1S/C10H16N4O8S.C5H5N/c1-2-21-9(16)12-11-8(15)7-4-3-6-5-13(7)10(17)14(6)22-23(18,19)20;1-2-4-6-5-3-1/h6-7H,2-5H2,1H3,(H,11,15)(H,12,16)(H,18,19,20);1-5H/t6-,7+;/m1./s1. The van der Waals surface area contributed by atoms with Crippen molar-refractivity contribution in [2.75, 3.05) is 13.2 Å². The van der Waals surface area contributed by atoms with Gasteiger partial charge in [0.25, 0.3) is 5.91 Å². The number of pyridine rings is 1. The van der Waals surface area contributed by atoms with Gasteiger partial charge in [-0.2, -0.15) is 13.5 Å². The van der Waals surface area contributed by atoms with Crippen molar-refractivity contribution in [1.82, 2.24) is 25.8 Å². The molecule has 14 heteroatoms. The van der Waals surface area contributed by atoms with Crippen LogP contribution in [0.5, 0.6) is 0 Å². The normalized spacial score (nSPS) is 20.4. The van der Waals surface area contributed by atoms with Crippen LogP contribution in [0.4, 0.5) is 9.59 Å². The molecule has 0 radical (unpaired) electrons. The van der Waals surface area contributed by atoms with Crippen LogP contribution in [0.3, 0.4) is 0 Å². The summed E-state index contributed by atoms with van der Waals surface area (Å²) in [5.41, 5.74) is 4.14. The zero-order valence-electron chi connectivity index (χ0n) is 15.4. The lowest BCUT2D eigenvalue weighted by atomic mass is 10.0. The lowest BCUT2D eigenvalue weighted by Gasteiger charge is -2.29. The molecule has 0 spiro atoms. The van der Waals surface area contributed by atoms with Crippen molar-refractivity contribution in [2.24, 2.45) is 0 Å². The van der Waals surface area contributed by atoms with Crippen molar-refractivity contribution in [3.8, 4) is 0 Å². The summed E-state index contributed by atoms with van der Waals surface area (Å²) in [4.78, 5) is 40.1. The molecule has 2 bridgehead atoms. The van der Waals surface area contributed by atoms with E-state index in [1.807, 2.05) is 23.6 Å². The molecule has 4 amide bonds. The minimum absolute atomic E-state index is 0.0614. The second kappa shape index (κ2) is 9.99. The van der Waals surface area contributed by atoms with E-state index < -0.39 is 40.5 Å². The Morgan fingerprint density at radius 2 is 1.93 bits per heavy atom. The highest BCUT2D eigenvalue weighted by Gasteiger charge is 2.49. The summed E-state index contributed by atoms with van der Waals surface area (Å²) in [5, 5.41) is 0.529. The van der Waals surface area contributed by atoms with Crippen LogP contribution in [-0.4, -0.2) is 71.2 Å². The maximum Gasteiger partial charge on any atom is 0.426 e. The molecule has 3 N–H and O–H groups in total. The number of urea groups is 1. The molecule has 2 fully saturated rings. The molecule has 0 unspecified atom stereocenters. The molecule has 2 aliphatic rings. The number of nitrogens with zero attached hydrogens (tertiary/aromatic N) is 3. The molecule has 0 aromatic carbocycles. The first-order chi connectivity index (χ1) is 13.7. The fraction of sp³-hybridized carbons (Fsp3) is 0.467. The van der Waals surface area contributed by atoms with Gasteiger partial charge >= 0.3 is 22.5 Å². The maximum atomic E-state index is 12.1. The molecule has 2 aliphatic heterocycles. The van der Waals surface area contributed by atoms with E-state index in [9.17, 15) is 22.8 Å². The number of carbonyl (C=O) groups is 3. The number of hydrazine groups is 1. The van der Waals surface area contributed by atoms with Crippen LogP contribution in [-0.2, 0) is 24.2 Å². The number of aromatic nitrogens is 1. The molecule has 1 aromatic rings. The first-order valence-electron chi connectivity index (χ1n) is 8.57. The van der Waals surface area contributed by atoms with Gasteiger partial charge in [0.05, 0.1) is 12.6 Å². The zero-order chi connectivity index (χ0) is 21.4. The topological polar surface area (TPSA) is 167 Å². The van der Waals surface area contributed by atoms with Crippen molar-refractivity contribution >= 4 is 28.4 Å². The highest BCUT2D eigenvalue weighted by atomic mass is 32.3. The third kappa shape index (κ3) is 6.55. The van der Waals surface area contributed by atoms with Crippen molar-refractivity contribution in [1.29, 1.82) is 0 Å². The summed E-state index contributed by atoms with van der Waals surface area (Å²) in [6.07, 6.45) is 3.17. The minimum Gasteiger partial charge on any atom is -0.449 e. The Morgan fingerprint density at radius 1 is 1.24 bits per heavy atom. The quantitative estimate of drug-likeness (QED) is 0.434. The largest absolute Gasteiger partial charge is 0.449 e. The number of rotatable bonds is 4. The van der Waals surface area contributed by atoms with E-state index >= 15 is 0 Å². The van der Waals surface area contributed by atoms with E-state index in [0.717, 1.165) is 4.90 Å². The Labute approximate surface area is 166 Å². The summed E-state index contributed by atoms with van der Waals surface area (Å²) >= 11 is 0. The number of ether oxygens (including phenoxy) is 1. The van der Waals surface area contributed by atoms with E-state index in [-0.39, 0.29) is 26.0 Å². The number of nitrogens with one attached hydrogen (secondary N) is 2. The maximum absolute atomic E-state index is 12.1. The van der Waals surface area contributed by atoms with Gasteiger partial charge in [0.1, 0.15) is 6.04 Å². The number of hydrogen-bond acceptors (Lipinski definition) is 8. The smallest absolute Gasteiger partial charge is 0.426 e. The molecule has 2 atom stereocenters. The minimum atomic E-state index is -4.84. The number of piperidine rings is 1. The Hall–Kier alpha value is -2.97. The highest BCUT2D eigenvalue weighted by Crippen LogP contribution is 2.30. The van der Waals surface area contributed by atoms with Crippen LogP contribution in [0.2, 0.25) is 0 Å². The molecule has 0 aliphatic carbocycles. The Kier molecular flexibility index (Phi) is 7.69. The van der Waals surface area contributed by atoms with Gasteiger partial charge in [-0.25, -0.2) is 15.0 Å². The zero-order valence-corrected chi connectivity index (χ0v) is 16.2. The molecule has 3 rings (SSSR count). The average molecular weight is 431 g/mol. The van der Waals surface area contributed by atoms with Crippen LogP contribution in [0, 0.1) is 0 Å². The van der Waals surface area contributed by atoms with Gasteiger partial charge in [0, 0.05) is 18.9 Å². The second-order valence-electron chi connectivity index (χ2n) is 5.87. The van der Waals surface area contributed by atoms with Gasteiger partial charge in [-0.15, -0.1) is 4.28 Å². The van der Waals surface area contributed by atoms with Crippen molar-refractivity contribution < 1.29 is 36.4 Å². The average Bonchev–Trinajstić information content (AvgIpc) is 2.92. The Balaban J connectivity index is 0.000000426. The predicted octanol–water partition coefficient (Wildman–Crippen LogP) is -0.152. The summed E-state index contributed by atoms with van der Waals surface area (Å²) in [7, 11) is -4.84. The van der Waals surface area contributed by atoms with Crippen molar-refractivity contribution in [3.63, 3.8) is 0 Å². The first kappa shape index (κ1) is 22.3. The van der Waals surface area contributed by atoms with Crippen LogP contribution in [0.25, 0.3) is 0 Å². The number of hydroxylamine groups is 2. The molecule has 3 heterocycles. The molecule has 1 aromatic heterocycles. The molecule has 2 saturated heterocycles. The van der Waals surface area contributed by atoms with E-state index in [1.165, 1.54) is 0 Å². The third-order valence-electron chi connectivity index (χ3n) is 3.93. The fourth-order valence-electron chi connectivity index (χ4n) is 2.78. The monoisotopic (exact) mass is 431 g/mol. The van der Waals surface area contributed by atoms with E-state index in [2.05, 4.69) is 19.4 Å². The Bertz CT molecular complexity index is 795. The summed E-state index contributed by atoms with van der Waals surface area (Å²) in [5.74, 6) is -0.654. The number of carbonyl (C=O) groups excluding carboxylic acids is 3. The van der Waals surface area contributed by atoms with Crippen LogP contribution >= 0.6 is 0 Å². The van der Waals surface area contributed by atoms with Crippen LogP contribution < -0.4 is 10.9 Å². The van der Waals surface area contributed by atoms with Crippen molar-refractivity contribution in [3.05, 3.63) is 30.6 Å². The molecule has 160 valence electrons. The molecular weight excluding hydrogens is 410 g/mol. The first-order valence-corrected chi connectivity index (χ1v) is 9.94. The SMILES string of the molecule is CCOC(=O)NNC(=O)[C@@H]1CC[C@@H]2CN1C(=O)N2OS(=O)(=O)O.c1ccncc1. The van der Waals surface area contributed by atoms with Gasteiger partial charge in [-0.1, -0.05) is 6.07 Å². The highest BCUT2D eigenvalue weighted by molar-refractivity contribution is 7.80. The van der Waals surface area contributed by atoms with Crippen LogP contribution in [0.1, 0.15) is 19.8 Å². The van der Waals surface area contributed by atoms with Gasteiger partial charge in [0.2, 0.25) is 0 Å². The van der Waals surface area contributed by atoms with Gasteiger partial charge < -0.3 is 9.64 Å². The fourth-order valence-corrected chi connectivity index (χ4v) is 3.17. The van der Waals surface area contributed by atoms with E-state index in [0.29, 0.717) is 5.06 Å². The lowest BCUT2D eigenvalue weighted by molar-refractivity contribution is -0.127. The molecule has 13 nitrogen and oxygen atoms in total. The number of amides is 4. The van der Waals surface area contributed by atoms with Gasteiger partial charge in [-0.3, -0.25) is 19.8 Å². The lowest BCUT2D eigenvalue weighted by Crippen LogP contribution is -2.54. The van der Waals surface area contributed by atoms with Gasteiger partial charge in [0.15, 0.2) is 0 Å². The van der Waals surface area contributed by atoms with E-state index in [1.54, 1.807) is 19.3 Å². The summed E-state index contributed by atoms with van der Waals surface area (Å²) < 4.78 is 39.0. The third-order valence-corrected chi connectivity index (χ3v) is 4.28. The van der Waals surface area contributed by atoms with Crippen LogP contribution in [0.15, 0.2) is 30.6 Å². The molecule has 29 heavy (non-hydrogen) atoms. The summed E-state index contributed by atoms with van der Waals surface area (Å²) in [6.45, 7) is 1.78. The number of fused-ring (bicyclic) bond motifs is 2. The molecular formula is C15H21N5O8S. The van der Waals surface area contributed by atoms with Crippen molar-refractivity contribution in [2.45, 2.75) is 31.8 Å². The molecule has 0 saturated carbocycles.